The van der Waals surface area contributed by atoms with Crippen molar-refractivity contribution in [3.8, 4) is 0 Å². The number of likely N-dealkylation sites (N-methyl/N-ethyl adjacent to an activating group) is 1. The Labute approximate surface area is 112 Å². The van der Waals surface area contributed by atoms with Crippen LogP contribution in [0.1, 0.15) is 37.5 Å². The van der Waals surface area contributed by atoms with Crippen LogP contribution in [0, 0.1) is 13.8 Å². The minimum Gasteiger partial charge on any atom is -0.377 e. The lowest BCUT2D eigenvalue weighted by molar-refractivity contribution is 0.0616. The van der Waals surface area contributed by atoms with E-state index in [9.17, 15) is 0 Å². The molecular weight excluding hydrogens is 222 g/mol. The van der Waals surface area contributed by atoms with Crippen molar-refractivity contribution in [2.75, 3.05) is 13.2 Å². The Hall–Kier alpha value is -0.860. The molecule has 0 saturated carbocycles. The van der Waals surface area contributed by atoms with Crippen LogP contribution in [-0.4, -0.2) is 25.3 Å². The molecule has 1 aromatic rings. The number of hydrogen-bond acceptors (Lipinski definition) is 2. The van der Waals surface area contributed by atoms with Crippen molar-refractivity contribution >= 4 is 0 Å². The van der Waals surface area contributed by atoms with E-state index in [2.05, 4.69) is 58.1 Å². The standard InChI is InChI=1S/C16H27NO/c1-6-17-16(11-18-12(2)3)10-15-8-13(4)7-14(5)9-15/h7-9,12,16-17H,6,10-11H2,1-5H3. The second-order valence-electron chi connectivity index (χ2n) is 5.34. The molecule has 102 valence electrons. The van der Waals surface area contributed by atoms with Gasteiger partial charge in [0.1, 0.15) is 0 Å². The predicted molar refractivity (Wildman–Crippen MR) is 78.2 cm³/mol. The molecule has 0 radical (unpaired) electrons. The van der Waals surface area contributed by atoms with E-state index in [-0.39, 0.29) is 0 Å². The Morgan fingerprint density at radius 1 is 1.11 bits per heavy atom. The first-order chi connectivity index (χ1) is 8.51. The second kappa shape index (κ2) is 7.55. The van der Waals surface area contributed by atoms with Gasteiger partial charge in [-0.3, -0.25) is 0 Å². The predicted octanol–water partition coefficient (Wildman–Crippen LogP) is 3.25. The fourth-order valence-electron chi connectivity index (χ4n) is 2.26. The molecule has 18 heavy (non-hydrogen) atoms. The number of benzene rings is 1. The monoisotopic (exact) mass is 249 g/mol. The summed E-state index contributed by atoms with van der Waals surface area (Å²) in [5.41, 5.74) is 4.07. The molecule has 0 aliphatic heterocycles. The zero-order chi connectivity index (χ0) is 13.5. The van der Waals surface area contributed by atoms with E-state index in [1.54, 1.807) is 0 Å². The summed E-state index contributed by atoms with van der Waals surface area (Å²) in [6, 6.07) is 7.16. The van der Waals surface area contributed by atoms with Crippen molar-refractivity contribution in [3.05, 3.63) is 34.9 Å². The Balaban J connectivity index is 2.63. The van der Waals surface area contributed by atoms with Gasteiger partial charge in [-0.15, -0.1) is 0 Å². The maximum Gasteiger partial charge on any atom is 0.0626 e. The minimum absolute atomic E-state index is 0.297. The summed E-state index contributed by atoms with van der Waals surface area (Å²) in [6.45, 7) is 12.4. The minimum atomic E-state index is 0.297. The average Bonchev–Trinajstić information content (AvgIpc) is 2.24. The van der Waals surface area contributed by atoms with E-state index in [0.29, 0.717) is 12.1 Å². The van der Waals surface area contributed by atoms with Crippen LogP contribution in [0.25, 0.3) is 0 Å². The summed E-state index contributed by atoms with van der Waals surface area (Å²) in [5, 5.41) is 3.50. The molecule has 2 nitrogen and oxygen atoms in total. The van der Waals surface area contributed by atoms with Gasteiger partial charge in [-0.1, -0.05) is 36.2 Å². The number of nitrogens with one attached hydrogen (secondary N) is 1. The molecule has 0 saturated heterocycles. The first-order valence-corrected chi connectivity index (χ1v) is 6.93. The maximum absolute atomic E-state index is 5.73. The summed E-state index contributed by atoms with van der Waals surface area (Å²) >= 11 is 0. The third-order valence-corrected chi connectivity index (χ3v) is 2.89. The molecule has 0 aliphatic rings. The molecule has 1 rings (SSSR count). The van der Waals surface area contributed by atoms with Crippen LogP contribution in [0.3, 0.4) is 0 Å². The van der Waals surface area contributed by atoms with Gasteiger partial charge in [0.2, 0.25) is 0 Å². The average molecular weight is 249 g/mol. The quantitative estimate of drug-likeness (QED) is 0.801. The summed E-state index contributed by atoms with van der Waals surface area (Å²) in [5.74, 6) is 0. The normalized spacial score (nSPS) is 13.0. The molecule has 0 heterocycles. The van der Waals surface area contributed by atoms with Crippen LogP contribution in [0.15, 0.2) is 18.2 Å². The Bertz CT molecular complexity index is 340. The smallest absolute Gasteiger partial charge is 0.0626 e. The van der Waals surface area contributed by atoms with Crippen LogP contribution in [0.4, 0.5) is 0 Å². The highest BCUT2D eigenvalue weighted by atomic mass is 16.5. The summed E-state index contributed by atoms with van der Waals surface area (Å²) in [4.78, 5) is 0. The highest BCUT2D eigenvalue weighted by molar-refractivity contribution is 5.29. The molecule has 0 bridgehead atoms. The fraction of sp³-hybridized carbons (Fsp3) is 0.625. The highest BCUT2D eigenvalue weighted by Crippen LogP contribution is 2.11. The molecule has 1 N–H and O–H groups in total. The van der Waals surface area contributed by atoms with Crippen LogP contribution >= 0.6 is 0 Å². The first-order valence-electron chi connectivity index (χ1n) is 6.93. The van der Waals surface area contributed by atoms with Gasteiger partial charge in [-0.05, 0) is 46.2 Å². The number of aryl methyl sites for hydroxylation is 2. The molecule has 1 unspecified atom stereocenters. The van der Waals surface area contributed by atoms with Gasteiger partial charge >= 0.3 is 0 Å². The number of ether oxygens (including phenoxy) is 1. The molecule has 0 aromatic heterocycles. The topological polar surface area (TPSA) is 21.3 Å². The largest absolute Gasteiger partial charge is 0.377 e. The van der Waals surface area contributed by atoms with Crippen molar-refractivity contribution in [1.82, 2.24) is 5.32 Å². The van der Waals surface area contributed by atoms with Crippen molar-refractivity contribution in [2.24, 2.45) is 0 Å². The summed E-state index contributed by atoms with van der Waals surface area (Å²) in [6.07, 6.45) is 1.33. The van der Waals surface area contributed by atoms with E-state index in [1.807, 2.05) is 0 Å². The van der Waals surface area contributed by atoms with E-state index >= 15 is 0 Å². The molecular formula is C16H27NO. The number of hydrogen-bond donors (Lipinski definition) is 1. The van der Waals surface area contributed by atoms with Crippen LogP contribution in [0.2, 0.25) is 0 Å². The third kappa shape index (κ3) is 5.65. The van der Waals surface area contributed by atoms with Gasteiger partial charge in [-0.2, -0.15) is 0 Å². The highest BCUT2D eigenvalue weighted by Gasteiger charge is 2.10. The lowest BCUT2D eigenvalue weighted by atomic mass is 10.0. The Morgan fingerprint density at radius 2 is 1.72 bits per heavy atom. The van der Waals surface area contributed by atoms with Crippen LogP contribution in [-0.2, 0) is 11.2 Å². The molecule has 1 atom stereocenters. The summed E-state index contributed by atoms with van der Waals surface area (Å²) in [7, 11) is 0. The lowest BCUT2D eigenvalue weighted by Gasteiger charge is -2.20. The number of rotatable bonds is 7. The van der Waals surface area contributed by atoms with Crippen LogP contribution < -0.4 is 5.32 Å². The van der Waals surface area contributed by atoms with Gasteiger partial charge in [0.25, 0.3) is 0 Å². The van der Waals surface area contributed by atoms with Gasteiger partial charge in [0, 0.05) is 6.04 Å². The van der Waals surface area contributed by atoms with Gasteiger partial charge < -0.3 is 10.1 Å². The zero-order valence-corrected chi connectivity index (χ0v) is 12.4. The molecule has 1 aromatic carbocycles. The van der Waals surface area contributed by atoms with Gasteiger partial charge in [-0.25, -0.2) is 0 Å². The summed E-state index contributed by atoms with van der Waals surface area (Å²) < 4.78 is 5.73. The zero-order valence-electron chi connectivity index (χ0n) is 12.4. The van der Waals surface area contributed by atoms with E-state index < -0.39 is 0 Å². The molecule has 0 amide bonds. The Morgan fingerprint density at radius 3 is 2.22 bits per heavy atom. The third-order valence-electron chi connectivity index (χ3n) is 2.89. The maximum atomic E-state index is 5.73. The van der Waals surface area contributed by atoms with Gasteiger partial charge in [0.15, 0.2) is 0 Å². The van der Waals surface area contributed by atoms with Crippen molar-refractivity contribution < 1.29 is 4.74 Å². The van der Waals surface area contributed by atoms with Crippen molar-refractivity contribution in [2.45, 2.75) is 53.2 Å². The van der Waals surface area contributed by atoms with Crippen molar-refractivity contribution in [1.29, 1.82) is 0 Å². The fourth-order valence-corrected chi connectivity index (χ4v) is 2.26. The second-order valence-corrected chi connectivity index (χ2v) is 5.34. The SMILES string of the molecule is CCNC(COC(C)C)Cc1cc(C)cc(C)c1. The molecule has 2 heteroatoms. The lowest BCUT2D eigenvalue weighted by Crippen LogP contribution is -2.36. The molecule has 0 aliphatic carbocycles. The van der Waals surface area contributed by atoms with Crippen molar-refractivity contribution in [3.63, 3.8) is 0 Å². The van der Waals surface area contributed by atoms with E-state index in [4.69, 9.17) is 4.74 Å². The van der Waals surface area contributed by atoms with Crippen LogP contribution in [0.5, 0.6) is 0 Å². The van der Waals surface area contributed by atoms with Gasteiger partial charge in [0.05, 0.1) is 12.7 Å². The van der Waals surface area contributed by atoms with E-state index in [1.165, 1.54) is 16.7 Å². The Kier molecular flexibility index (Phi) is 6.37. The molecule has 0 fully saturated rings. The molecule has 0 spiro atoms. The first kappa shape index (κ1) is 15.2. The van der Waals surface area contributed by atoms with E-state index in [0.717, 1.165) is 19.6 Å².